The molecule has 1 N–H and O–H groups in total. The molecular formula is C12H22N2S. The molecule has 1 aromatic rings. The maximum atomic E-state index is 4.11. The van der Waals surface area contributed by atoms with Crippen molar-refractivity contribution in [2.45, 2.75) is 52.6 Å². The van der Waals surface area contributed by atoms with Gasteiger partial charge in [-0.15, -0.1) is 11.3 Å². The average Bonchev–Trinajstić information content (AvgIpc) is 2.70. The van der Waals surface area contributed by atoms with Gasteiger partial charge in [0.2, 0.25) is 0 Å². The van der Waals surface area contributed by atoms with Crippen LogP contribution in [-0.4, -0.2) is 11.0 Å². The number of rotatable bonds is 6. The zero-order valence-corrected chi connectivity index (χ0v) is 11.0. The molecule has 0 saturated heterocycles. The highest BCUT2D eigenvalue weighted by molar-refractivity contribution is 7.09. The first-order chi connectivity index (χ1) is 7.13. The summed E-state index contributed by atoms with van der Waals surface area (Å²) in [6.45, 7) is 9.05. The fourth-order valence-corrected chi connectivity index (χ4v) is 2.42. The molecule has 0 radical (unpaired) electrons. The highest BCUT2D eigenvalue weighted by atomic mass is 32.1. The molecule has 0 amide bonds. The van der Waals surface area contributed by atoms with E-state index in [1.165, 1.54) is 17.7 Å². The lowest BCUT2D eigenvalue weighted by atomic mass is 10.00. The van der Waals surface area contributed by atoms with E-state index in [4.69, 9.17) is 0 Å². The Labute approximate surface area is 97.1 Å². The Morgan fingerprint density at radius 3 is 2.67 bits per heavy atom. The smallest absolute Gasteiger partial charge is 0.0794 e. The van der Waals surface area contributed by atoms with Gasteiger partial charge in [0.25, 0.3) is 0 Å². The average molecular weight is 226 g/mol. The monoisotopic (exact) mass is 226 g/mol. The summed E-state index contributed by atoms with van der Waals surface area (Å²) in [7, 11) is 0. The number of aromatic nitrogens is 1. The molecular weight excluding hydrogens is 204 g/mol. The Morgan fingerprint density at radius 2 is 2.13 bits per heavy atom. The molecule has 3 unspecified atom stereocenters. The summed E-state index contributed by atoms with van der Waals surface area (Å²) in [6.07, 6.45) is 4.47. The van der Waals surface area contributed by atoms with E-state index in [-0.39, 0.29) is 0 Å². The van der Waals surface area contributed by atoms with Crippen molar-refractivity contribution in [1.29, 1.82) is 0 Å². The minimum Gasteiger partial charge on any atom is -0.307 e. The van der Waals surface area contributed by atoms with Crippen LogP contribution >= 0.6 is 11.3 Å². The summed E-state index contributed by atoms with van der Waals surface area (Å²) in [6, 6.07) is 1.01. The van der Waals surface area contributed by atoms with Gasteiger partial charge < -0.3 is 5.32 Å². The van der Waals surface area contributed by atoms with E-state index in [0.29, 0.717) is 12.1 Å². The molecule has 0 spiro atoms. The van der Waals surface area contributed by atoms with Crippen LogP contribution in [0.5, 0.6) is 0 Å². The summed E-state index contributed by atoms with van der Waals surface area (Å²) in [5.41, 5.74) is 1.90. The maximum Gasteiger partial charge on any atom is 0.0794 e. The van der Waals surface area contributed by atoms with Crippen molar-refractivity contribution >= 4 is 11.3 Å². The van der Waals surface area contributed by atoms with Crippen molar-refractivity contribution in [3.63, 3.8) is 0 Å². The standard InChI is InChI=1S/C12H22N2S/c1-5-9(2)6-10(3)14-11(4)12-7-13-8-15-12/h7-11,14H,5-6H2,1-4H3. The van der Waals surface area contributed by atoms with Gasteiger partial charge in [0.1, 0.15) is 0 Å². The van der Waals surface area contributed by atoms with E-state index in [1.54, 1.807) is 11.3 Å². The van der Waals surface area contributed by atoms with Crippen LogP contribution in [0.25, 0.3) is 0 Å². The van der Waals surface area contributed by atoms with Crippen LogP contribution in [0.4, 0.5) is 0 Å². The molecule has 0 aromatic carbocycles. The van der Waals surface area contributed by atoms with Gasteiger partial charge in [-0.2, -0.15) is 0 Å². The fraction of sp³-hybridized carbons (Fsp3) is 0.750. The Hall–Kier alpha value is -0.410. The van der Waals surface area contributed by atoms with Crippen LogP contribution in [0.3, 0.4) is 0 Å². The highest BCUT2D eigenvalue weighted by Gasteiger charge is 2.12. The largest absolute Gasteiger partial charge is 0.307 e. The Kier molecular flexibility index (Phi) is 5.26. The van der Waals surface area contributed by atoms with Crippen LogP contribution in [-0.2, 0) is 0 Å². The molecule has 0 saturated carbocycles. The first kappa shape index (κ1) is 12.7. The summed E-state index contributed by atoms with van der Waals surface area (Å²) in [4.78, 5) is 5.43. The second-order valence-electron chi connectivity index (χ2n) is 4.44. The second kappa shape index (κ2) is 6.23. The normalized spacial score (nSPS) is 17.3. The molecule has 2 nitrogen and oxygen atoms in total. The zero-order valence-electron chi connectivity index (χ0n) is 10.2. The molecule has 1 heterocycles. The number of hydrogen-bond donors (Lipinski definition) is 1. The molecule has 15 heavy (non-hydrogen) atoms. The molecule has 0 aliphatic heterocycles. The van der Waals surface area contributed by atoms with E-state index in [9.17, 15) is 0 Å². The number of hydrogen-bond acceptors (Lipinski definition) is 3. The minimum atomic E-state index is 0.427. The molecule has 3 heteroatoms. The third-order valence-electron chi connectivity index (χ3n) is 2.87. The van der Waals surface area contributed by atoms with Crippen LogP contribution in [0.2, 0.25) is 0 Å². The molecule has 0 fully saturated rings. The van der Waals surface area contributed by atoms with Gasteiger partial charge in [0, 0.05) is 23.2 Å². The van der Waals surface area contributed by atoms with Gasteiger partial charge in [0.05, 0.1) is 5.51 Å². The van der Waals surface area contributed by atoms with Gasteiger partial charge in [-0.1, -0.05) is 20.3 Å². The fourth-order valence-electron chi connectivity index (χ4n) is 1.79. The van der Waals surface area contributed by atoms with Crippen molar-refractivity contribution in [3.8, 4) is 0 Å². The predicted octanol–water partition coefficient (Wildman–Crippen LogP) is 3.62. The van der Waals surface area contributed by atoms with Gasteiger partial charge in [0.15, 0.2) is 0 Å². The molecule has 0 aliphatic carbocycles. The maximum absolute atomic E-state index is 4.11. The van der Waals surface area contributed by atoms with Crippen molar-refractivity contribution in [2.75, 3.05) is 0 Å². The topological polar surface area (TPSA) is 24.9 Å². The third-order valence-corrected chi connectivity index (χ3v) is 3.82. The Balaban J connectivity index is 2.34. The van der Waals surface area contributed by atoms with Crippen molar-refractivity contribution in [1.82, 2.24) is 10.3 Å². The Bertz CT molecular complexity index is 259. The lowest BCUT2D eigenvalue weighted by molar-refractivity contribution is 0.387. The second-order valence-corrected chi connectivity index (χ2v) is 5.36. The van der Waals surface area contributed by atoms with E-state index in [2.05, 4.69) is 38.0 Å². The molecule has 1 rings (SSSR count). The molecule has 1 aromatic heterocycles. The molecule has 0 aliphatic rings. The third kappa shape index (κ3) is 4.31. The lowest BCUT2D eigenvalue weighted by Gasteiger charge is -2.21. The SMILES string of the molecule is CCC(C)CC(C)NC(C)c1cncs1. The predicted molar refractivity (Wildman–Crippen MR) is 67.2 cm³/mol. The summed E-state index contributed by atoms with van der Waals surface area (Å²) < 4.78 is 0. The van der Waals surface area contributed by atoms with Gasteiger partial charge in [-0.3, -0.25) is 4.98 Å². The molecule has 86 valence electrons. The molecule has 3 atom stereocenters. The van der Waals surface area contributed by atoms with E-state index in [1.807, 2.05) is 11.7 Å². The van der Waals surface area contributed by atoms with Crippen LogP contribution in [0.15, 0.2) is 11.7 Å². The van der Waals surface area contributed by atoms with Crippen LogP contribution in [0.1, 0.15) is 51.5 Å². The number of nitrogens with one attached hydrogen (secondary N) is 1. The van der Waals surface area contributed by atoms with Gasteiger partial charge in [-0.05, 0) is 26.2 Å². The van der Waals surface area contributed by atoms with Gasteiger partial charge in [-0.25, -0.2) is 0 Å². The molecule has 0 bridgehead atoms. The van der Waals surface area contributed by atoms with E-state index >= 15 is 0 Å². The van der Waals surface area contributed by atoms with Crippen molar-refractivity contribution < 1.29 is 0 Å². The minimum absolute atomic E-state index is 0.427. The quantitative estimate of drug-likeness (QED) is 0.801. The summed E-state index contributed by atoms with van der Waals surface area (Å²) in [5, 5.41) is 3.62. The zero-order chi connectivity index (χ0) is 11.3. The van der Waals surface area contributed by atoms with Crippen molar-refractivity contribution in [2.24, 2.45) is 5.92 Å². The summed E-state index contributed by atoms with van der Waals surface area (Å²) >= 11 is 1.72. The Morgan fingerprint density at radius 1 is 1.40 bits per heavy atom. The van der Waals surface area contributed by atoms with Crippen LogP contribution in [0, 0.1) is 5.92 Å². The first-order valence-corrected chi connectivity index (χ1v) is 6.65. The van der Waals surface area contributed by atoms with Crippen LogP contribution < -0.4 is 5.32 Å². The number of thiazole rings is 1. The van der Waals surface area contributed by atoms with E-state index < -0.39 is 0 Å². The van der Waals surface area contributed by atoms with Gasteiger partial charge >= 0.3 is 0 Å². The lowest BCUT2D eigenvalue weighted by Crippen LogP contribution is -2.29. The number of nitrogens with zero attached hydrogens (tertiary/aromatic N) is 1. The first-order valence-electron chi connectivity index (χ1n) is 5.77. The van der Waals surface area contributed by atoms with Crippen molar-refractivity contribution in [3.05, 3.63) is 16.6 Å². The highest BCUT2D eigenvalue weighted by Crippen LogP contribution is 2.18. The van der Waals surface area contributed by atoms with E-state index in [0.717, 1.165) is 5.92 Å². The summed E-state index contributed by atoms with van der Waals surface area (Å²) in [5.74, 6) is 0.807.